The molecule has 2 aliphatic heterocycles. The molecule has 2 heterocycles. The number of amides is 2. The van der Waals surface area contributed by atoms with Crippen LogP contribution in [0.25, 0.3) is 0 Å². The van der Waals surface area contributed by atoms with Crippen LogP contribution in [0.3, 0.4) is 0 Å². The number of likely N-dealkylation sites (tertiary alicyclic amines) is 2. The summed E-state index contributed by atoms with van der Waals surface area (Å²) in [6.45, 7) is 5.35. The van der Waals surface area contributed by atoms with E-state index in [1.165, 1.54) is 50.9 Å². The molecule has 4 heteroatoms. The van der Waals surface area contributed by atoms with Gasteiger partial charge in [-0.05, 0) is 62.7 Å². The molecule has 0 radical (unpaired) electrons. The van der Waals surface area contributed by atoms with Gasteiger partial charge < -0.3 is 15.5 Å². The van der Waals surface area contributed by atoms with Crippen LogP contribution in [0.5, 0.6) is 0 Å². The summed E-state index contributed by atoms with van der Waals surface area (Å²) >= 11 is 0. The molecule has 2 amide bonds. The number of hydrogen-bond donors (Lipinski definition) is 1. The summed E-state index contributed by atoms with van der Waals surface area (Å²) in [5.41, 5.74) is 6.73. The molecule has 0 spiro atoms. The second-order valence-corrected chi connectivity index (χ2v) is 6.87. The molecule has 3 rings (SSSR count). The van der Waals surface area contributed by atoms with Crippen LogP contribution in [0, 0.1) is 11.8 Å². The van der Waals surface area contributed by atoms with Crippen molar-refractivity contribution in [2.24, 2.45) is 17.6 Å². The minimum atomic E-state index is -0.266. The Balaban J connectivity index is 1.32. The van der Waals surface area contributed by atoms with Gasteiger partial charge in [0.2, 0.25) is 0 Å². The fraction of sp³-hybridized carbons (Fsp3) is 0.611. The Morgan fingerprint density at radius 2 is 1.77 bits per heavy atom. The molecule has 0 saturated carbocycles. The average molecular weight is 301 g/mol. The normalized spacial score (nSPS) is 20.8. The van der Waals surface area contributed by atoms with Crippen molar-refractivity contribution in [1.82, 2.24) is 9.80 Å². The van der Waals surface area contributed by atoms with Gasteiger partial charge in [-0.25, -0.2) is 4.79 Å². The number of nitrogens with zero attached hydrogens (tertiary/aromatic N) is 2. The van der Waals surface area contributed by atoms with Gasteiger partial charge in [0.05, 0.1) is 0 Å². The first-order valence-corrected chi connectivity index (χ1v) is 8.51. The fourth-order valence-electron chi connectivity index (χ4n) is 3.66. The van der Waals surface area contributed by atoms with Crippen LogP contribution < -0.4 is 5.73 Å². The average Bonchev–Trinajstić information content (AvgIpc) is 2.48. The number of nitrogens with two attached hydrogens (primary N) is 1. The number of carbonyl (C=O) groups is 1. The van der Waals surface area contributed by atoms with E-state index in [1.54, 1.807) is 4.90 Å². The van der Waals surface area contributed by atoms with E-state index in [4.69, 9.17) is 5.73 Å². The monoisotopic (exact) mass is 301 g/mol. The van der Waals surface area contributed by atoms with Crippen LogP contribution in [0.2, 0.25) is 0 Å². The van der Waals surface area contributed by atoms with Crippen LogP contribution in [0.4, 0.5) is 4.79 Å². The lowest BCUT2D eigenvalue weighted by Gasteiger charge is -2.40. The molecule has 1 aromatic carbocycles. The van der Waals surface area contributed by atoms with E-state index < -0.39 is 0 Å². The lowest BCUT2D eigenvalue weighted by Crippen LogP contribution is -2.53. The smallest absolute Gasteiger partial charge is 0.314 e. The molecular formula is C18H27N3O. The largest absolute Gasteiger partial charge is 0.351 e. The summed E-state index contributed by atoms with van der Waals surface area (Å²) in [6, 6.07) is 10.6. The molecule has 2 aliphatic rings. The first-order chi connectivity index (χ1) is 10.7. The lowest BCUT2D eigenvalue weighted by atomic mass is 9.89. The van der Waals surface area contributed by atoms with Gasteiger partial charge in [0, 0.05) is 13.1 Å². The third-order valence-corrected chi connectivity index (χ3v) is 5.20. The standard InChI is InChI=1S/C18H27N3O/c19-18(22)21-13-17(14-21)8-11-20-9-6-16(7-10-20)12-15-4-2-1-3-5-15/h1-5,16-17H,6-14H2,(H2,19,22). The molecule has 2 saturated heterocycles. The predicted molar refractivity (Wildman–Crippen MR) is 88.6 cm³/mol. The van der Waals surface area contributed by atoms with Crippen molar-refractivity contribution in [3.05, 3.63) is 35.9 Å². The minimum Gasteiger partial charge on any atom is -0.351 e. The van der Waals surface area contributed by atoms with Crippen molar-refractivity contribution in [1.29, 1.82) is 0 Å². The maximum Gasteiger partial charge on any atom is 0.314 e. The Labute approximate surface area is 133 Å². The van der Waals surface area contributed by atoms with Gasteiger partial charge in [-0.15, -0.1) is 0 Å². The zero-order valence-electron chi connectivity index (χ0n) is 13.3. The summed E-state index contributed by atoms with van der Waals surface area (Å²) in [5.74, 6) is 1.50. The van der Waals surface area contributed by atoms with E-state index >= 15 is 0 Å². The molecule has 2 N–H and O–H groups in total. The molecule has 1 aromatic rings. The van der Waals surface area contributed by atoms with Gasteiger partial charge in [-0.2, -0.15) is 0 Å². The zero-order valence-corrected chi connectivity index (χ0v) is 13.3. The maximum atomic E-state index is 11.0. The topological polar surface area (TPSA) is 49.6 Å². The quantitative estimate of drug-likeness (QED) is 0.907. The molecule has 0 aliphatic carbocycles. The highest BCUT2D eigenvalue weighted by Gasteiger charge is 2.29. The van der Waals surface area contributed by atoms with Crippen molar-refractivity contribution in [3.63, 3.8) is 0 Å². The number of piperidine rings is 1. The van der Waals surface area contributed by atoms with E-state index in [1.807, 2.05) is 0 Å². The second kappa shape index (κ2) is 7.14. The molecule has 120 valence electrons. The van der Waals surface area contributed by atoms with Crippen LogP contribution in [0.1, 0.15) is 24.8 Å². The third kappa shape index (κ3) is 4.01. The van der Waals surface area contributed by atoms with Crippen molar-refractivity contribution in [2.75, 3.05) is 32.7 Å². The predicted octanol–water partition coefficient (Wildman–Crippen LogP) is 2.34. The summed E-state index contributed by atoms with van der Waals surface area (Å²) in [4.78, 5) is 15.3. The molecule has 4 nitrogen and oxygen atoms in total. The Kier molecular flexibility index (Phi) is 4.98. The van der Waals surface area contributed by atoms with E-state index in [-0.39, 0.29) is 6.03 Å². The lowest BCUT2D eigenvalue weighted by molar-refractivity contribution is 0.104. The van der Waals surface area contributed by atoms with Crippen molar-refractivity contribution >= 4 is 6.03 Å². The van der Waals surface area contributed by atoms with E-state index in [0.717, 1.165) is 19.0 Å². The highest BCUT2D eigenvalue weighted by molar-refractivity contribution is 5.72. The van der Waals surface area contributed by atoms with Gasteiger partial charge in [0.25, 0.3) is 0 Å². The Morgan fingerprint density at radius 3 is 2.41 bits per heavy atom. The van der Waals surface area contributed by atoms with Crippen molar-refractivity contribution in [2.45, 2.75) is 25.7 Å². The second-order valence-electron chi connectivity index (χ2n) is 6.87. The number of hydrogen-bond acceptors (Lipinski definition) is 2. The van der Waals surface area contributed by atoms with E-state index in [2.05, 4.69) is 35.2 Å². The first kappa shape index (κ1) is 15.3. The van der Waals surface area contributed by atoms with E-state index in [0.29, 0.717) is 5.92 Å². The molecule has 0 unspecified atom stereocenters. The van der Waals surface area contributed by atoms with Crippen LogP contribution in [-0.2, 0) is 6.42 Å². The summed E-state index contributed by atoms with van der Waals surface area (Å²) in [7, 11) is 0. The first-order valence-electron chi connectivity index (χ1n) is 8.51. The number of urea groups is 1. The van der Waals surface area contributed by atoms with Crippen LogP contribution in [-0.4, -0.2) is 48.6 Å². The number of rotatable bonds is 5. The van der Waals surface area contributed by atoms with Gasteiger partial charge in [0.15, 0.2) is 0 Å². The zero-order chi connectivity index (χ0) is 15.4. The molecule has 2 fully saturated rings. The molecule has 0 aromatic heterocycles. The Morgan fingerprint density at radius 1 is 1.09 bits per heavy atom. The maximum absolute atomic E-state index is 11.0. The van der Waals surface area contributed by atoms with Gasteiger partial charge >= 0.3 is 6.03 Å². The van der Waals surface area contributed by atoms with Crippen molar-refractivity contribution < 1.29 is 4.79 Å². The highest BCUT2D eigenvalue weighted by atomic mass is 16.2. The Hall–Kier alpha value is -1.55. The molecule has 22 heavy (non-hydrogen) atoms. The number of benzene rings is 1. The van der Waals surface area contributed by atoms with Crippen LogP contribution in [0.15, 0.2) is 30.3 Å². The van der Waals surface area contributed by atoms with E-state index in [9.17, 15) is 4.79 Å². The number of primary amides is 1. The number of carbonyl (C=O) groups excluding carboxylic acids is 1. The Bertz CT molecular complexity index is 476. The van der Waals surface area contributed by atoms with Gasteiger partial charge in [0.1, 0.15) is 0 Å². The van der Waals surface area contributed by atoms with Gasteiger partial charge in [-0.1, -0.05) is 30.3 Å². The SMILES string of the molecule is NC(=O)N1CC(CCN2CCC(Cc3ccccc3)CC2)C1. The molecule has 0 atom stereocenters. The summed E-state index contributed by atoms with van der Waals surface area (Å²) in [5, 5.41) is 0. The molecular weight excluding hydrogens is 274 g/mol. The molecule has 0 bridgehead atoms. The van der Waals surface area contributed by atoms with Crippen molar-refractivity contribution in [3.8, 4) is 0 Å². The van der Waals surface area contributed by atoms with Crippen LogP contribution >= 0.6 is 0 Å². The summed E-state index contributed by atoms with van der Waals surface area (Å²) < 4.78 is 0. The highest BCUT2D eigenvalue weighted by Crippen LogP contribution is 2.24. The van der Waals surface area contributed by atoms with Gasteiger partial charge in [-0.3, -0.25) is 0 Å². The fourth-order valence-corrected chi connectivity index (χ4v) is 3.66. The third-order valence-electron chi connectivity index (χ3n) is 5.20. The summed E-state index contributed by atoms with van der Waals surface area (Å²) in [6.07, 6.45) is 5.05. The minimum absolute atomic E-state index is 0.266.